The van der Waals surface area contributed by atoms with E-state index in [1.165, 1.54) is 31.5 Å². The first kappa shape index (κ1) is 13.9. The van der Waals surface area contributed by atoms with Gasteiger partial charge in [0.05, 0.1) is 8.07 Å². The Balaban J connectivity index is 3.96. The van der Waals surface area contributed by atoms with Crippen molar-refractivity contribution in [1.29, 1.82) is 0 Å². The maximum Gasteiger partial charge on any atom is 0.0743 e. The van der Waals surface area contributed by atoms with Gasteiger partial charge < -0.3 is 4.90 Å². The highest BCUT2D eigenvalue weighted by Gasteiger charge is 2.21. The molecule has 0 amide bonds. The van der Waals surface area contributed by atoms with Crippen molar-refractivity contribution >= 4 is 8.07 Å². The van der Waals surface area contributed by atoms with Gasteiger partial charge >= 0.3 is 0 Å². The predicted molar refractivity (Wildman–Crippen MR) is 69.5 cm³/mol. The maximum atomic E-state index is 2.52. The lowest BCUT2D eigenvalue weighted by molar-refractivity contribution is 0.407. The molecule has 0 aliphatic heterocycles. The molecule has 0 aromatic heterocycles. The zero-order chi connectivity index (χ0) is 11.0. The highest BCUT2D eigenvalue weighted by atomic mass is 28.3. The lowest BCUT2D eigenvalue weighted by atomic mass is 10.5. The fourth-order valence-electron chi connectivity index (χ4n) is 2.06. The average molecular weight is 213 g/mol. The molecular formula is C12H27NSi. The van der Waals surface area contributed by atoms with Crippen LogP contribution in [0.15, 0.2) is 11.8 Å². The summed E-state index contributed by atoms with van der Waals surface area (Å²) in [7, 11) is 3.30. The Morgan fingerprint density at radius 1 is 1.21 bits per heavy atom. The van der Waals surface area contributed by atoms with Crippen molar-refractivity contribution in [2.24, 2.45) is 0 Å². The van der Waals surface area contributed by atoms with E-state index in [-0.39, 0.29) is 0 Å². The van der Waals surface area contributed by atoms with Crippen molar-refractivity contribution in [2.75, 3.05) is 20.6 Å². The highest BCUT2D eigenvalue weighted by molar-refractivity contribution is 6.83. The molecule has 0 aliphatic carbocycles. The van der Waals surface area contributed by atoms with E-state index in [2.05, 4.69) is 51.2 Å². The van der Waals surface area contributed by atoms with Gasteiger partial charge in [0.1, 0.15) is 0 Å². The van der Waals surface area contributed by atoms with Gasteiger partial charge in [0, 0.05) is 0 Å². The van der Waals surface area contributed by atoms with Gasteiger partial charge in [-0.3, -0.25) is 0 Å². The van der Waals surface area contributed by atoms with E-state index in [4.69, 9.17) is 0 Å². The summed E-state index contributed by atoms with van der Waals surface area (Å²) in [6.07, 6.45) is 4.96. The van der Waals surface area contributed by atoms with Gasteiger partial charge in [0.2, 0.25) is 0 Å². The Labute approximate surface area is 91.2 Å². The minimum Gasteiger partial charge on any atom is -0.309 e. The summed E-state index contributed by atoms with van der Waals surface area (Å²) in [4.78, 5) is 2.29. The Hall–Kier alpha value is -0.0831. The van der Waals surface area contributed by atoms with E-state index in [1.807, 2.05) is 0 Å². The zero-order valence-corrected chi connectivity index (χ0v) is 11.6. The van der Waals surface area contributed by atoms with Gasteiger partial charge in [0.15, 0.2) is 0 Å². The maximum absolute atomic E-state index is 2.52. The minimum absolute atomic E-state index is 1.02. The van der Waals surface area contributed by atoms with Crippen LogP contribution in [0.3, 0.4) is 0 Å². The fourth-order valence-corrected chi connectivity index (χ4v) is 5.56. The zero-order valence-electron chi connectivity index (χ0n) is 10.6. The molecule has 1 atom stereocenters. The molecule has 2 heteroatoms. The third-order valence-corrected chi connectivity index (χ3v) is 7.02. The van der Waals surface area contributed by atoms with Crippen LogP contribution in [0.1, 0.15) is 26.7 Å². The monoisotopic (exact) mass is 213 g/mol. The number of hydrogen-bond acceptors (Lipinski definition) is 1. The van der Waals surface area contributed by atoms with Crippen molar-refractivity contribution < 1.29 is 0 Å². The summed E-state index contributed by atoms with van der Waals surface area (Å²) in [5.74, 6) is 0. The van der Waals surface area contributed by atoms with E-state index in [9.17, 15) is 0 Å². The van der Waals surface area contributed by atoms with Crippen LogP contribution in [0.4, 0.5) is 0 Å². The third-order valence-electron chi connectivity index (χ3n) is 2.74. The second kappa shape index (κ2) is 7.24. The summed E-state index contributed by atoms with van der Waals surface area (Å²) >= 11 is 0. The SMILES string of the molecule is CC=C[Si](C)(CCC)CCCN(C)C. The number of hydrogen-bond donors (Lipinski definition) is 0. The van der Waals surface area contributed by atoms with Crippen molar-refractivity contribution in [3.8, 4) is 0 Å². The summed E-state index contributed by atoms with van der Waals surface area (Å²) in [5, 5.41) is 0. The first-order valence-corrected chi connectivity index (χ1v) is 8.82. The number of allylic oxidation sites excluding steroid dienone is 1. The Bertz CT molecular complexity index is 166. The Morgan fingerprint density at radius 2 is 1.86 bits per heavy atom. The van der Waals surface area contributed by atoms with E-state index in [0.29, 0.717) is 0 Å². The average Bonchev–Trinajstić information content (AvgIpc) is 2.03. The standard InChI is InChI=1S/C12H27NSi/c1-6-10-14(5,11-7-2)12-8-9-13(3)4/h6,10H,7-9,11-12H2,1-5H3. The van der Waals surface area contributed by atoms with Crippen LogP contribution in [-0.4, -0.2) is 33.6 Å². The molecule has 0 saturated heterocycles. The molecule has 0 heterocycles. The molecule has 0 aromatic rings. The van der Waals surface area contributed by atoms with Gasteiger partial charge in [-0.25, -0.2) is 0 Å². The van der Waals surface area contributed by atoms with E-state index in [0.717, 1.165) is 0 Å². The normalized spacial score (nSPS) is 16.4. The first-order valence-electron chi connectivity index (χ1n) is 5.82. The van der Waals surface area contributed by atoms with Crippen LogP contribution in [0.2, 0.25) is 18.6 Å². The lowest BCUT2D eigenvalue weighted by Gasteiger charge is -2.23. The van der Waals surface area contributed by atoms with Crippen LogP contribution < -0.4 is 0 Å². The molecule has 0 spiro atoms. The van der Waals surface area contributed by atoms with Crippen molar-refractivity contribution in [3.63, 3.8) is 0 Å². The molecule has 0 rings (SSSR count). The predicted octanol–water partition coefficient (Wildman–Crippen LogP) is 3.54. The summed E-state index contributed by atoms with van der Waals surface area (Å²) in [6, 6.07) is 2.90. The largest absolute Gasteiger partial charge is 0.309 e. The number of nitrogens with zero attached hydrogens (tertiary/aromatic N) is 1. The Morgan fingerprint density at radius 3 is 2.29 bits per heavy atom. The smallest absolute Gasteiger partial charge is 0.0743 e. The van der Waals surface area contributed by atoms with Crippen molar-refractivity contribution in [1.82, 2.24) is 4.90 Å². The molecule has 0 bridgehead atoms. The molecule has 1 unspecified atom stereocenters. The van der Waals surface area contributed by atoms with Crippen LogP contribution >= 0.6 is 0 Å². The van der Waals surface area contributed by atoms with Gasteiger partial charge in [-0.05, 0) is 34.0 Å². The molecule has 0 N–H and O–H groups in total. The molecule has 0 aliphatic rings. The molecule has 0 saturated carbocycles. The number of rotatable bonds is 7. The lowest BCUT2D eigenvalue weighted by Crippen LogP contribution is -2.28. The van der Waals surface area contributed by atoms with E-state index < -0.39 is 8.07 Å². The van der Waals surface area contributed by atoms with Crippen molar-refractivity contribution in [2.45, 2.75) is 45.3 Å². The van der Waals surface area contributed by atoms with Crippen molar-refractivity contribution in [3.05, 3.63) is 11.8 Å². The second-order valence-electron chi connectivity index (χ2n) is 4.81. The van der Waals surface area contributed by atoms with E-state index >= 15 is 0 Å². The van der Waals surface area contributed by atoms with Crippen LogP contribution in [0, 0.1) is 0 Å². The highest BCUT2D eigenvalue weighted by Crippen LogP contribution is 2.21. The van der Waals surface area contributed by atoms with Crippen LogP contribution in [-0.2, 0) is 0 Å². The molecule has 0 aromatic carbocycles. The Kier molecular flexibility index (Phi) is 7.20. The molecule has 0 radical (unpaired) electrons. The molecule has 0 fully saturated rings. The summed E-state index contributed by atoms with van der Waals surface area (Å²) in [5.41, 5.74) is 2.52. The van der Waals surface area contributed by atoms with Crippen LogP contribution in [0.25, 0.3) is 0 Å². The second-order valence-corrected chi connectivity index (χ2v) is 9.45. The summed E-state index contributed by atoms with van der Waals surface area (Å²) < 4.78 is 0. The third kappa shape index (κ3) is 6.38. The van der Waals surface area contributed by atoms with E-state index in [1.54, 1.807) is 0 Å². The van der Waals surface area contributed by atoms with Gasteiger partial charge in [-0.1, -0.05) is 43.8 Å². The minimum atomic E-state index is -1.02. The van der Waals surface area contributed by atoms with Gasteiger partial charge in [-0.2, -0.15) is 0 Å². The summed E-state index contributed by atoms with van der Waals surface area (Å²) in [6.45, 7) is 8.23. The molecule has 84 valence electrons. The van der Waals surface area contributed by atoms with Gasteiger partial charge in [0.25, 0.3) is 0 Å². The quantitative estimate of drug-likeness (QED) is 0.585. The topological polar surface area (TPSA) is 3.24 Å². The fraction of sp³-hybridized carbons (Fsp3) is 0.833. The molecule has 1 nitrogen and oxygen atoms in total. The van der Waals surface area contributed by atoms with Crippen LogP contribution in [0.5, 0.6) is 0 Å². The first-order chi connectivity index (χ1) is 6.54. The molecular weight excluding hydrogens is 186 g/mol. The molecule has 14 heavy (non-hydrogen) atoms. The van der Waals surface area contributed by atoms with Gasteiger partial charge in [-0.15, -0.1) is 0 Å².